The SMILES string of the molecule is O=C(O)c1cccc2nc(Cl)n(C3CC3)c12. The Bertz CT molecular complexity index is 587. The van der Waals surface area contributed by atoms with Crippen LogP contribution < -0.4 is 0 Å². The van der Waals surface area contributed by atoms with Crippen LogP contribution in [-0.4, -0.2) is 20.6 Å². The van der Waals surface area contributed by atoms with Crippen molar-refractivity contribution in [2.45, 2.75) is 18.9 Å². The lowest BCUT2D eigenvalue weighted by Gasteiger charge is -2.04. The van der Waals surface area contributed by atoms with Gasteiger partial charge in [0.2, 0.25) is 5.28 Å². The number of imidazole rings is 1. The second-order valence-electron chi connectivity index (χ2n) is 3.96. The summed E-state index contributed by atoms with van der Waals surface area (Å²) in [5.74, 6) is -0.941. The lowest BCUT2D eigenvalue weighted by molar-refractivity contribution is 0.0698. The maximum absolute atomic E-state index is 11.1. The van der Waals surface area contributed by atoms with E-state index in [1.165, 1.54) is 0 Å². The molecule has 82 valence electrons. The summed E-state index contributed by atoms with van der Waals surface area (Å²) in [7, 11) is 0. The fourth-order valence-electron chi connectivity index (χ4n) is 1.96. The van der Waals surface area contributed by atoms with Gasteiger partial charge in [-0.05, 0) is 36.6 Å². The first-order valence-corrected chi connectivity index (χ1v) is 5.46. The summed E-state index contributed by atoms with van der Waals surface area (Å²) in [5, 5.41) is 9.52. The highest BCUT2D eigenvalue weighted by Crippen LogP contribution is 2.40. The third-order valence-corrected chi connectivity index (χ3v) is 3.08. The Kier molecular flexibility index (Phi) is 1.94. The minimum atomic E-state index is -0.941. The van der Waals surface area contributed by atoms with Crippen LogP contribution in [0.5, 0.6) is 0 Å². The number of fused-ring (bicyclic) bond motifs is 1. The van der Waals surface area contributed by atoms with Gasteiger partial charge < -0.3 is 9.67 Å². The molecule has 0 bridgehead atoms. The molecule has 1 N–H and O–H groups in total. The fraction of sp³-hybridized carbons (Fsp3) is 0.273. The van der Waals surface area contributed by atoms with E-state index in [4.69, 9.17) is 16.7 Å². The van der Waals surface area contributed by atoms with Gasteiger partial charge in [0.05, 0.1) is 16.6 Å². The van der Waals surface area contributed by atoms with Gasteiger partial charge in [-0.3, -0.25) is 0 Å². The maximum atomic E-state index is 11.1. The van der Waals surface area contributed by atoms with E-state index in [-0.39, 0.29) is 5.56 Å². The van der Waals surface area contributed by atoms with Crippen molar-refractivity contribution in [3.8, 4) is 0 Å². The highest BCUT2D eigenvalue weighted by molar-refractivity contribution is 6.29. The lowest BCUT2D eigenvalue weighted by Crippen LogP contribution is -2.02. The molecule has 1 heterocycles. The predicted molar refractivity (Wildman–Crippen MR) is 60.0 cm³/mol. The van der Waals surface area contributed by atoms with Gasteiger partial charge in [0.25, 0.3) is 0 Å². The van der Waals surface area contributed by atoms with Crippen LogP contribution in [0, 0.1) is 0 Å². The van der Waals surface area contributed by atoms with E-state index < -0.39 is 5.97 Å². The van der Waals surface area contributed by atoms with E-state index in [0.717, 1.165) is 12.8 Å². The Hall–Kier alpha value is -1.55. The third kappa shape index (κ3) is 1.30. The molecule has 5 heteroatoms. The monoisotopic (exact) mass is 236 g/mol. The van der Waals surface area contributed by atoms with E-state index in [2.05, 4.69) is 4.98 Å². The Morgan fingerprint density at radius 2 is 2.25 bits per heavy atom. The summed E-state index contributed by atoms with van der Waals surface area (Å²) in [6.07, 6.45) is 2.08. The number of para-hydroxylation sites is 1. The standard InChI is InChI=1S/C11H9ClN2O2/c12-11-13-8-3-1-2-7(10(15)16)9(8)14(11)6-4-5-6/h1-3,6H,4-5H2,(H,15,16). The largest absolute Gasteiger partial charge is 0.478 e. The zero-order chi connectivity index (χ0) is 11.3. The molecular formula is C11H9ClN2O2. The maximum Gasteiger partial charge on any atom is 0.337 e. The number of aromatic carboxylic acids is 1. The molecule has 3 rings (SSSR count). The quantitative estimate of drug-likeness (QED) is 0.872. The molecule has 0 amide bonds. The smallest absolute Gasteiger partial charge is 0.337 e. The number of hydrogen-bond donors (Lipinski definition) is 1. The molecule has 0 aliphatic heterocycles. The Labute approximate surface area is 96.5 Å². The van der Waals surface area contributed by atoms with E-state index in [1.54, 1.807) is 18.2 Å². The normalized spacial score (nSPS) is 15.6. The number of nitrogens with zero attached hydrogens (tertiary/aromatic N) is 2. The van der Waals surface area contributed by atoms with E-state index in [9.17, 15) is 4.79 Å². The van der Waals surface area contributed by atoms with Crippen LogP contribution in [-0.2, 0) is 0 Å². The number of rotatable bonds is 2. The predicted octanol–water partition coefficient (Wildman–Crippen LogP) is 2.72. The third-order valence-electron chi connectivity index (χ3n) is 2.81. The second-order valence-corrected chi connectivity index (χ2v) is 4.30. The first kappa shape index (κ1) is 9.66. The van der Waals surface area contributed by atoms with Crippen molar-refractivity contribution in [2.24, 2.45) is 0 Å². The number of carbonyl (C=O) groups is 1. The lowest BCUT2D eigenvalue weighted by atomic mass is 10.2. The van der Waals surface area contributed by atoms with Crippen LogP contribution in [0.3, 0.4) is 0 Å². The number of halogens is 1. The Morgan fingerprint density at radius 3 is 2.88 bits per heavy atom. The van der Waals surface area contributed by atoms with Crippen molar-refractivity contribution in [2.75, 3.05) is 0 Å². The number of aromatic nitrogens is 2. The number of hydrogen-bond acceptors (Lipinski definition) is 2. The highest BCUT2D eigenvalue weighted by atomic mass is 35.5. The van der Waals surface area contributed by atoms with Crippen molar-refractivity contribution < 1.29 is 9.90 Å². The molecule has 2 aromatic rings. The summed E-state index contributed by atoms with van der Waals surface area (Å²) in [6.45, 7) is 0. The summed E-state index contributed by atoms with van der Waals surface area (Å²) in [4.78, 5) is 15.3. The average Bonchev–Trinajstić information content (AvgIpc) is 3.00. The van der Waals surface area contributed by atoms with Gasteiger partial charge in [-0.15, -0.1) is 0 Å². The van der Waals surface area contributed by atoms with Crippen molar-refractivity contribution in [3.63, 3.8) is 0 Å². The van der Waals surface area contributed by atoms with Crippen molar-refractivity contribution in [1.29, 1.82) is 0 Å². The van der Waals surface area contributed by atoms with Crippen LogP contribution in [0.4, 0.5) is 0 Å². The first-order chi connectivity index (χ1) is 7.68. The van der Waals surface area contributed by atoms with Crippen LogP contribution >= 0.6 is 11.6 Å². The van der Waals surface area contributed by atoms with E-state index in [0.29, 0.717) is 22.4 Å². The van der Waals surface area contributed by atoms with E-state index in [1.807, 2.05) is 4.57 Å². The van der Waals surface area contributed by atoms with Gasteiger partial charge >= 0.3 is 5.97 Å². The number of benzene rings is 1. The number of carboxylic acids is 1. The molecule has 1 saturated carbocycles. The second kappa shape index (κ2) is 3.22. The van der Waals surface area contributed by atoms with Gasteiger partial charge in [-0.25, -0.2) is 9.78 Å². The molecule has 1 aromatic carbocycles. The van der Waals surface area contributed by atoms with Crippen LogP contribution in [0.15, 0.2) is 18.2 Å². The van der Waals surface area contributed by atoms with Crippen LogP contribution in [0.2, 0.25) is 5.28 Å². The van der Waals surface area contributed by atoms with Crippen LogP contribution in [0.25, 0.3) is 11.0 Å². The highest BCUT2D eigenvalue weighted by Gasteiger charge is 2.29. The zero-order valence-corrected chi connectivity index (χ0v) is 9.11. The molecule has 0 spiro atoms. The fourth-order valence-corrected chi connectivity index (χ4v) is 2.27. The summed E-state index contributed by atoms with van der Waals surface area (Å²) >= 11 is 6.04. The molecule has 0 unspecified atom stereocenters. The van der Waals surface area contributed by atoms with Crippen molar-refractivity contribution in [3.05, 3.63) is 29.0 Å². The minimum absolute atomic E-state index is 0.267. The topological polar surface area (TPSA) is 55.1 Å². The van der Waals surface area contributed by atoms with Gasteiger partial charge in [0, 0.05) is 6.04 Å². The van der Waals surface area contributed by atoms with Gasteiger partial charge in [-0.2, -0.15) is 0 Å². The molecule has 0 atom stereocenters. The average molecular weight is 237 g/mol. The Balaban J connectivity index is 2.38. The summed E-state index contributed by atoms with van der Waals surface area (Å²) < 4.78 is 1.83. The first-order valence-electron chi connectivity index (χ1n) is 5.08. The van der Waals surface area contributed by atoms with Crippen LogP contribution in [0.1, 0.15) is 29.2 Å². The van der Waals surface area contributed by atoms with Crippen molar-refractivity contribution >= 4 is 28.6 Å². The molecule has 1 fully saturated rings. The molecule has 16 heavy (non-hydrogen) atoms. The molecule has 0 saturated heterocycles. The van der Waals surface area contributed by atoms with Crippen molar-refractivity contribution in [1.82, 2.24) is 9.55 Å². The molecule has 1 aliphatic rings. The van der Waals surface area contributed by atoms with Gasteiger partial charge in [-0.1, -0.05) is 6.07 Å². The van der Waals surface area contributed by atoms with Gasteiger partial charge in [0.1, 0.15) is 0 Å². The van der Waals surface area contributed by atoms with Gasteiger partial charge in [0.15, 0.2) is 0 Å². The molecule has 0 radical (unpaired) electrons. The molecule has 4 nitrogen and oxygen atoms in total. The zero-order valence-electron chi connectivity index (χ0n) is 8.35. The Morgan fingerprint density at radius 1 is 1.50 bits per heavy atom. The summed E-state index contributed by atoms with van der Waals surface area (Å²) in [6, 6.07) is 5.37. The van der Waals surface area contributed by atoms with E-state index >= 15 is 0 Å². The molecule has 1 aliphatic carbocycles. The summed E-state index contributed by atoms with van der Waals surface area (Å²) in [5.41, 5.74) is 1.56. The molecule has 1 aromatic heterocycles. The molecular weight excluding hydrogens is 228 g/mol. The number of carboxylic acid groups (broad SMARTS) is 1. The minimum Gasteiger partial charge on any atom is -0.478 e.